The molecule has 0 aliphatic carbocycles. The van der Waals surface area contributed by atoms with Crippen molar-refractivity contribution in [1.82, 2.24) is 5.32 Å². The number of amides is 1. The second-order valence-corrected chi connectivity index (χ2v) is 3.46. The predicted octanol–water partition coefficient (Wildman–Crippen LogP) is 1.64. The van der Waals surface area contributed by atoms with E-state index in [0.717, 1.165) is 12.8 Å². The van der Waals surface area contributed by atoms with E-state index in [-0.39, 0.29) is 5.91 Å². The van der Waals surface area contributed by atoms with Crippen molar-refractivity contribution in [2.45, 2.75) is 25.9 Å². The number of aliphatic hydroxyl groups excluding tert-OH is 1. The highest BCUT2D eigenvalue weighted by Gasteiger charge is 2.15. The maximum atomic E-state index is 11.5. The van der Waals surface area contributed by atoms with Crippen molar-refractivity contribution < 1.29 is 9.90 Å². The van der Waals surface area contributed by atoms with Crippen LogP contribution in [0.1, 0.15) is 31.4 Å². The molecule has 3 heteroatoms. The van der Waals surface area contributed by atoms with Gasteiger partial charge in [-0.05, 0) is 12.0 Å². The average Bonchev–Trinajstić information content (AvgIpc) is 2.29. The van der Waals surface area contributed by atoms with Crippen molar-refractivity contribution in [3.05, 3.63) is 35.9 Å². The van der Waals surface area contributed by atoms with Gasteiger partial charge >= 0.3 is 0 Å². The Morgan fingerprint density at radius 1 is 1.40 bits per heavy atom. The molecular formula is C12H17NO2. The topological polar surface area (TPSA) is 49.3 Å². The van der Waals surface area contributed by atoms with Crippen LogP contribution in [0, 0.1) is 0 Å². The van der Waals surface area contributed by atoms with E-state index in [2.05, 4.69) is 12.2 Å². The Hall–Kier alpha value is -1.35. The van der Waals surface area contributed by atoms with Gasteiger partial charge in [0.1, 0.15) is 0 Å². The molecule has 0 aromatic heterocycles. The minimum absolute atomic E-state index is 0.324. The zero-order chi connectivity index (χ0) is 11.1. The maximum Gasteiger partial charge on any atom is 0.253 e. The van der Waals surface area contributed by atoms with Gasteiger partial charge in [-0.2, -0.15) is 0 Å². The third-order valence-electron chi connectivity index (χ3n) is 2.19. The SMILES string of the molecule is CCCCNC(=O)C(O)c1ccccc1. The molecule has 0 aliphatic heterocycles. The second-order valence-electron chi connectivity index (χ2n) is 3.46. The van der Waals surface area contributed by atoms with Gasteiger partial charge in [0.15, 0.2) is 6.10 Å². The molecule has 0 radical (unpaired) electrons. The number of unbranched alkanes of at least 4 members (excludes halogenated alkanes) is 1. The second kappa shape index (κ2) is 6.19. The lowest BCUT2D eigenvalue weighted by molar-refractivity contribution is -0.129. The molecule has 15 heavy (non-hydrogen) atoms. The molecule has 3 nitrogen and oxygen atoms in total. The molecule has 0 spiro atoms. The number of aliphatic hydroxyl groups is 1. The summed E-state index contributed by atoms with van der Waals surface area (Å²) in [4.78, 5) is 11.5. The van der Waals surface area contributed by atoms with Crippen molar-refractivity contribution in [2.24, 2.45) is 0 Å². The van der Waals surface area contributed by atoms with E-state index >= 15 is 0 Å². The minimum atomic E-state index is -1.05. The highest BCUT2D eigenvalue weighted by atomic mass is 16.3. The Labute approximate surface area is 90.1 Å². The quantitative estimate of drug-likeness (QED) is 0.721. The van der Waals surface area contributed by atoms with Gasteiger partial charge in [-0.25, -0.2) is 0 Å². The summed E-state index contributed by atoms with van der Waals surface area (Å²) in [6.45, 7) is 2.68. The van der Waals surface area contributed by atoms with Crippen LogP contribution in [-0.4, -0.2) is 17.6 Å². The summed E-state index contributed by atoms with van der Waals surface area (Å²) < 4.78 is 0. The largest absolute Gasteiger partial charge is 0.378 e. The smallest absolute Gasteiger partial charge is 0.253 e. The highest BCUT2D eigenvalue weighted by Crippen LogP contribution is 2.11. The van der Waals surface area contributed by atoms with Crippen LogP contribution in [0.4, 0.5) is 0 Å². The monoisotopic (exact) mass is 207 g/mol. The minimum Gasteiger partial charge on any atom is -0.378 e. The van der Waals surface area contributed by atoms with Crippen molar-refractivity contribution in [3.63, 3.8) is 0 Å². The third-order valence-corrected chi connectivity index (χ3v) is 2.19. The van der Waals surface area contributed by atoms with Gasteiger partial charge in [0.2, 0.25) is 0 Å². The summed E-state index contributed by atoms with van der Waals surface area (Å²) in [7, 11) is 0. The molecule has 0 saturated heterocycles. The molecule has 0 aliphatic rings. The van der Waals surface area contributed by atoms with Crippen LogP contribution in [0.2, 0.25) is 0 Å². The molecule has 1 amide bonds. The molecule has 2 N–H and O–H groups in total. The lowest BCUT2D eigenvalue weighted by atomic mass is 10.1. The molecule has 1 aromatic carbocycles. The summed E-state index contributed by atoms with van der Waals surface area (Å²) in [5.41, 5.74) is 0.631. The molecule has 1 atom stereocenters. The van der Waals surface area contributed by atoms with Gasteiger partial charge in [0.25, 0.3) is 5.91 Å². The zero-order valence-electron chi connectivity index (χ0n) is 8.94. The van der Waals surface area contributed by atoms with Crippen molar-refractivity contribution in [2.75, 3.05) is 6.54 Å². The molecule has 0 saturated carbocycles. The summed E-state index contributed by atoms with van der Waals surface area (Å²) >= 11 is 0. The van der Waals surface area contributed by atoms with E-state index in [9.17, 15) is 9.90 Å². The Bertz CT molecular complexity index is 298. The fourth-order valence-corrected chi connectivity index (χ4v) is 1.27. The van der Waals surface area contributed by atoms with Crippen molar-refractivity contribution in [3.8, 4) is 0 Å². The van der Waals surface area contributed by atoms with Gasteiger partial charge in [-0.3, -0.25) is 4.79 Å². The van der Waals surface area contributed by atoms with Crippen LogP contribution in [0.25, 0.3) is 0 Å². The third kappa shape index (κ3) is 3.72. The number of hydrogen-bond donors (Lipinski definition) is 2. The van der Waals surface area contributed by atoms with Crippen molar-refractivity contribution in [1.29, 1.82) is 0 Å². The first kappa shape index (κ1) is 11.7. The van der Waals surface area contributed by atoms with Crippen LogP contribution >= 0.6 is 0 Å². The number of rotatable bonds is 5. The van der Waals surface area contributed by atoms with Crippen LogP contribution in [-0.2, 0) is 4.79 Å². The molecule has 0 fully saturated rings. The maximum absolute atomic E-state index is 11.5. The fraction of sp³-hybridized carbons (Fsp3) is 0.417. The van der Waals surface area contributed by atoms with E-state index < -0.39 is 6.10 Å². The van der Waals surface area contributed by atoms with Gasteiger partial charge < -0.3 is 10.4 Å². The van der Waals surface area contributed by atoms with E-state index in [0.29, 0.717) is 12.1 Å². The lowest BCUT2D eigenvalue weighted by Gasteiger charge is -2.10. The van der Waals surface area contributed by atoms with E-state index in [1.54, 1.807) is 24.3 Å². The number of hydrogen-bond acceptors (Lipinski definition) is 2. The number of carbonyl (C=O) groups is 1. The summed E-state index contributed by atoms with van der Waals surface area (Å²) in [5.74, 6) is -0.324. The number of benzene rings is 1. The number of carbonyl (C=O) groups excluding carboxylic acids is 1. The van der Waals surface area contributed by atoms with Crippen LogP contribution < -0.4 is 5.32 Å². The number of nitrogens with one attached hydrogen (secondary N) is 1. The van der Waals surface area contributed by atoms with Gasteiger partial charge in [-0.15, -0.1) is 0 Å². The molecule has 0 bridgehead atoms. The van der Waals surface area contributed by atoms with Crippen molar-refractivity contribution >= 4 is 5.91 Å². The van der Waals surface area contributed by atoms with E-state index in [4.69, 9.17) is 0 Å². The Kier molecular flexibility index (Phi) is 4.84. The molecule has 0 heterocycles. The van der Waals surface area contributed by atoms with E-state index in [1.165, 1.54) is 0 Å². The molecule has 1 aromatic rings. The van der Waals surface area contributed by atoms with Gasteiger partial charge in [0, 0.05) is 6.54 Å². The highest BCUT2D eigenvalue weighted by molar-refractivity contribution is 5.81. The van der Waals surface area contributed by atoms with Gasteiger partial charge in [0.05, 0.1) is 0 Å². The molecule has 82 valence electrons. The first-order valence-electron chi connectivity index (χ1n) is 5.26. The Morgan fingerprint density at radius 3 is 2.67 bits per heavy atom. The van der Waals surface area contributed by atoms with Crippen LogP contribution in [0.5, 0.6) is 0 Å². The average molecular weight is 207 g/mol. The predicted molar refractivity (Wildman–Crippen MR) is 59.3 cm³/mol. The van der Waals surface area contributed by atoms with Crippen LogP contribution in [0.15, 0.2) is 30.3 Å². The zero-order valence-corrected chi connectivity index (χ0v) is 8.94. The first-order valence-corrected chi connectivity index (χ1v) is 5.26. The summed E-state index contributed by atoms with van der Waals surface area (Å²) in [5, 5.41) is 12.4. The van der Waals surface area contributed by atoms with Crippen LogP contribution in [0.3, 0.4) is 0 Å². The Morgan fingerprint density at radius 2 is 2.07 bits per heavy atom. The summed E-state index contributed by atoms with van der Waals surface area (Å²) in [6, 6.07) is 8.94. The Balaban J connectivity index is 2.46. The molecular weight excluding hydrogens is 190 g/mol. The fourth-order valence-electron chi connectivity index (χ4n) is 1.27. The van der Waals surface area contributed by atoms with E-state index in [1.807, 2.05) is 6.07 Å². The standard InChI is InChI=1S/C12H17NO2/c1-2-3-9-13-12(15)11(14)10-7-5-4-6-8-10/h4-8,11,14H,2-3,9H2,1H3,(H,13,15). The first-order chi connectivity index (χ1) is 7.25. The lowest BCUT2D eigenvalue weighted by Crippen LogP contribution is -2.29. The summed E-state index contributed by atoms with van der Waals surface area (Å²) in [6.07, 6.45) is 0.914. The van der Waals surface area contributed by atoms with Gasteiger partial charge in [-0.1, -0.05) is 43.7 Å². The normalized spacial score (nSPS) is 12.1. The molecule has 1 rings (SSSR count). The molecule has 1 unspecified atom stereocenters.